The molecule has 1 atom stereocenters. The summed E-state index contributed by atoms with van der Waals surface area (Å²) in [6.45, 7) is 1.93. The van der Waals surface area contributed by atoms with E-state index in [0.717, 1.165) is 17.2 Å². The molecule has 2 aromatic rings. The van der Waals surface area contributed by atoms with Gasteiger partial charge in [-0.1, -0.05) is 24.3 Å². The predicted molar refractivity (Wildman–Crippen MR) is 89.5 cm³/mol. The fourth-order valence-corrected chi connectivity index (χ4v) is 2.64. The lowest BCUT2D eigenvalue weighted by atomic mass is 10.1. The molecule has 1 heterocycles. The molecule has 1 fully saturated rings. The van der Waals surface area contributed by atoms with E-state index in [9.17, 15) is 4.79 Å². The molecule has 23 heavy (non-hydrogen) atoms. The number of rotatable bonds is 6. The van der Waals surface area contributed by atoms with Crippen molar-refractivity contribution in [3.05, 3.63) is 59.4 Å². The highest BCUT2D eigenvalue weighted by molar-refractivity contribution is 5.78. The molecule has 0 bridgehead atoms. The summed E-state index contributed by atoms with van der Waals surface area (Å²) in [5.41, 5.74) is 3.26. The molecule has 0 radical (unpaired) electrons. The first-order chi connectivity index (χ1) is 11.2. The van der Waals surface area contributed by atoms with E-state index >= 15 is 0 Å². The summed E-state index contributed by atoms with van der Waals surface area (Å²) in [6.07, 6.45) is 4.65. The predicted octanol–water partition coefficient (Wildman–Crippen LogP) is 3.39. The van der Waals surface area contributed by atoms with Crippen molar-refractivity contribution in [1.29, 1.82) is 0 Å². The molecule has 0 spiro atoms. The summed E-state index contributed by atoms with van der Waals surface area (Å²) >= 11 is 0. The van der Waals surface area contributed by atoms with Crippen molar-refractivity contribution in [2.75, 3.05) is 7.11 Å². The van der Waals surface area contributed by atoms with Gasteiger partial charge in [-0.3, -0.25) is 9.78 Å². The molecule has 0 unspecified atom stereocenters. The van der Waals surface area contributed by atoms with Crippen LogP contribution < -0.4 is 10.1 Å². The highest BCUT2D eigenvalue weighted by atomic mass is 16.5. The van der Waals surface area contributed by atoms with Gasteiger partial charge >= 0.3 is 0 Å². The highest BCUT2D eigenvalue weighted by Gasteiger charge is 2.23. The van der Waals surface area contributed by atoms with E-state index in [0.29, 0.717) is 12.2 Å². The number of amides is 1. The maximum absolute atomic E-state index is 12.2. The number of pyridine rings is 1. The van der Waals surface area contributed by atoms with Crippen LogP contribution in [0.1, 0.15) is 48.5 Å². The molecule has 1 saturated carbocycles. The van der Waals surface area contributed by atoms with Crippen molar-refractivity contribution >= 4 is 5.91 Å². The number of benzene rings is 1. The molecule has 4 heteroatoms. The SMILES string of the molecule is COc1ccc([C@@H](C)NC(=O)Cc2ccc(C3CC3)cc2)nc1. The summed E-state index contributed by atoms with van der Waals surface area (Å²) in [7, 11) is 1.61. The summed E-state index contributed by atoms with van der Waals surface area (Å²) in [5.74, 6) is 1.47. The van der Waals surface area contributed by atoms with Gasteiger partial charge in [0.1, 0.15) is 5.75 Å². The molecule has 0 aliphatic heterocycles. The first-order valence-electron chi connectivity index (χ1n) is 8.04. The molecule has 1 amide bonds. The van der Waals surface area contributed by atoms with Gasteiger partial charge in [0.05, 0.1) is 31.5 Å². The van der Waals surface area contributed by atoms with Crippen molar-refractivity contribution in [1.82, 2.24) is 10.3 Å². The Balaban J connectivity index is 1.54. The van der Waals surface area contributed by atoms with Crippen LogP contribution in [0.5, 0.6) is 5.75 Å². The summed E-state index contributed by atoms with van der Waals surface area (Å²) in [6, 6.07) is 12.0. The Morgan fingerprint density at radius 2 is 2.00 bits per heavy atom. The van der Waals surface area contributed by atoms with Gasteiger partial charge in [0.2, 0.25) is 5.91 Å². The van der Waals surface area contributed by atoms with Crippen molar-refractivity contribution < 1.29 is 9.53 Å². The van der Waals surface area contributed by atoms with E-state index in [4.69, 9.17) is 4.74 Å². The second-order valence-corrected chi connectivity index (χ2v) is 6.10. The van der Waals surface area contributed by atoms with Crippen LogP contribution in [0.25, 0.3) is 0 Å². The number of nitrogens with zero attached hydrogens (tertiary/aromatic N) is 1. The van der Waals surface area contributed by atoms with Crippen LogP contribution in [-0.4, -0.2) is 18.0 Å². The number of nitrogens with one attached hydrogen (secondary N) is 1. The Morgan fingerprint density at radius 1 is 1.26 bits per heavy atom. The van der Waals surface area contributed by atoms with Gasteiger partial charge in [0, 0.05) is 0 Å². The standard InChI is InChI=1S/C19H22N2O2/c1-13(18-10-9-17(23-2)12-20-18)21-19(22)11-14-3-5-15(6-4-14)16-7-8-16/h3-6,9-10,12-13,16H,7-8,11H2,1-2H3,(H,21,22)/t13-/m1/s1. The van der Waals surface area contributed by atoms with Gasteiger partial charge in [-0.05, 0) is 48.9 Å². The molecule has 1 aromatic heterocycles. The normalized spacial score (nSPS) is 15.0. The van der Waals surface area contributed by atoms with Crippen LogP contribution in [0.15, 0.2) is 42.6 Å². The van der Waals surface area contributed by atoms with Crippen LogP contribution in [0, 0.1) is 0 Å². The van der Waals surface area contributed by atoms with Crippen molar-refractivity contribution in [3.63, 3.8) is 0 Å². The average molecular weight is 310 g/mol. The largest absolute Gasteiger partial charge is 0.495 e. The number of hydrogen-bond acceptors (Lipinski definition) is 3. The lowest BCUT2D eigenvalue weighted by molar-refractivity contribution is -0.121. The van der Waals surface area contributed by atoms with E-state index in [2.05, 4.69) is 34.6 Å². The minimum absolute atomic E-state index is 0.00860. The minimum atomic E-state index is -0.126. The zero-order valence-electron chi connectivity index (χ0n) is 13.6. The fraction of sp³-hybridized carbons (Fsp3) is 0.368. The van der Waals surface area contributed by atoms with Gasteiger partial charge in [-0.25, -0.2) is 0 Å². The summed E-state index contributed by atoms with van der Waals surface area (Å²) in [4.78, 5) is 16.5. The van der Waals surface area contributed by atoms with Gasteiger partial charge in [-0.2, -0.15) is 0 Å². The van der Waals surface area contributed by atoms with Gasteiger partial charge in [0.25, 0.3) is 0 Å². The smallest absolute Gasteiger partial charge is 0.224 e. The number of aromatic nitrogens is 1. The molecule has 1 N–H and O–H groups in total. The van der Waals surface area contributed by atoms with Crippen LogP contribution in [0.2, 0.25) is 0 Å². The Hall–Kier alpha value is -2.36. The minimum Gasteiger partial charge on any atom is -0.495 e. The van der Waals surface area contributed by atoms with E-state index in [1.54, 1.807) is 13.3 Å². The molecule has 0 saturated heterocycles. The van der Waals surface area contributed by atoms with Crippen LogP contribution >= 0.6 is 0 Å². The van der Waals surface area contributed by atoms with E-state index in [1.807, 2.05) is 19.1 Å². The molecule has 1 aliphatic carbocycles. The third-order valence-electron chi connectivity index (χ3n) is 4.21. The molecule has 4 nitrogen and oxygen atoms in total. The lowest BCUT2D eigenvalue weighted by Gasteiger charge is -2.14. The third kappa shape index (κ3) is 4.09. The number of hydrogen-bond donors (Lipinski definition) is 1. The van der Waals surface area contributed by atoms with Crippen molar-refractivity contribution in [2.45, 2.75) is 38.1 Å². The monoisotopic (exact) mass is 310 g/mol. The average Bonchev–Trinajstić information content (AvgIpc) is 3.40. The first kappa shape index (κ1) is 15.5. The van der Waals surface area contributed by atoms with Gasteiger partial charge in [-0.15, -0.1) is 0 Å². The van der Waals surface area contributed by atoms with E-state index in [-0.39, 0.29) is 11.9 Å². The second-order valence-electron chi connectivity index (χ2n) is 6.10. The number of carbonyl (C=O) groups is 1. The summed E-state index contributed by atoms with van der Waals surface area (Å²) in [5, 5.41) is 2.99. The zero-order chi connectivity index (χ0) is 16.2. The lowest BCUT2D eigenvalue weighted by Crippen LogP contribution is -2.28. The first-order valence-corrected chi connectivity index (χ1v) is 8.04. The molecular formula is C19H22N2O2. The summed E-state index contributed by atoms with van der Waals surface area (Å²) < 4.78 is 5.09. The van der Waals surface area contributed by atoms with Crippen molar-refractivity contribution in [3.8, 4) is 5.75 Å². The number of methoxy groups -OCH3 is 1. The quantitative estimate of drug-likeness (QED) is 0.890. The van der Waals surface area contributed by atoms with Crippen LogP contribution in [0.4, 0.5) is 0 Å². The van der Waals surface area contributed by atoms with Gasteiger partial charge < -0.3 is 10.1 Å². The number of carbonyl (C=O) groups excluding carboxylic acids is 1. The maximum atomic E-state index is 12.2. The zero-order valence-corrected chi connectivity index (χ0v) is 13.6. The van der Waals surface area contributed by atoms with Gasteiger partial charge in [0.15, 0.2) is 0 Å². The Kier molecular flexibility index (Phi) is 4.60. The second kappa shape index (κ2) is 6.82. The molecule has 120 valence electrons. The Bertz CT molecular complexity index is 661. The molecule has 1 aliphatic rings. The topological polar surface area (TPSA) is 51.2 Å². The Morgan fingerprint density at radius 3 is 2.57 bits per heavy atom. The highest BCUT2D eigenvalue weighted by Crippen LogP contribution is 2.39. The van der Waals surface area contributed by atoms with Crippen molar-refractivity contribution in [2.24, 2.45) is 0 Å². The third-order valence-corrected chi connectivity index (χ3v) is 4.21. The van der Waals surface area contributed by atoms with Crippen LogP contribution in [0.3, 0.4) is 0 Å². The Labute approximate surface area is 136 Å². The maximum Gasteiger partial charge on any atom is 0.224 e. The van der Waals surface area contributed by atoms with E-state index in [1.165, 1.54) is 18.4 Å². The molecule has 3 rings (SSSR count). The molecular weight excluding hydrogens is 288 g/mol. The van der Waals surface area contributed by atoms with Crippen LogP contribution in [-0.2, 0) is 11.2 Å². The fourth-order valence-electron chi connectivity index (χ4n) is 2.64. The van der Waals surface area contributed by atoms with E-state index < -0.39 is 0 Å². The number of ether oxygens (including phenoxy) is 1. The molecule has 1 aromatic carbocycles.